The number of alkyl halides is 3. The summed E-state index contributed by atoms with van der Waals surface area (Å²) in [5.74, 6) is -3.07. The lowest BCUT2D eigenvalue weighted by molar-refractivity contribution is -0.135. The minimum absolute atomic E-state index is 0.329. The Bertz CT molecular complexity index is 240. The second kappa shape index (κ2) is 3.98. The lowest BCUT2D eigenvalue weighted by atomic mass is 10.3. The number of rotatable bonds is 2. The average Bonchev–Trinajstić information content (AvgIpc) is 1.79. The molecule has 0 aromatic carbocycles. The van der Waals surface area contributed by atoms with E-state index in [9.17, 15) is 9.59 Å². The molecule has 0 atom stereocenters. The summed E-state index contributed by atoms with van der Waals surface area (Å²) >= 11 is 15.5. The molecule has 2 N–H and O–H groups in total. The van der Waals surface area contributed by atoms with Crippen LogP contribution in [0.15, 0.2) is 11.6 Å². The zero-order valence-electron chi connectivity index (χ0n) is 5.42. The van der Waals surface area contributed by atoms with Crippen molar-refractivity contribution in [3.05, 3.63) is 11.6 Å². The molecule has 0 radical (unpaired) electrons. The number of carbonyl (C=O) groups is 2. The maximum Gasteiger partial charge on any atom is 0.336 e. The fourth-order valence-electron chi connectivity index (χ4n) is 0.388. The molecule has 0 aromatic rings. The molecule has 4 nitrogen and oxygen atoms in total. The molecule has 0 aliphatic rings. The monoisotopic (exact) mass is 232 g/mol. The van der Waals surface area contributed by atoms with Crippen LogP contribution in [0.5, 0.6) is 0 Å². The molecule has 0 unspecified atom stereocenters. The van der Waals surface area contributed by atoms with Crippen LogP contribution in [0.3, 0.4) is 0 Å². The average molecular weight is 233 g/mol. The Labute approximate surface area is 82.3 Å². The molecule has 0 aliphatic heterocycles. The highest BCUT2D eigenvalue weighted by molar-refractivity contribution is 6.70. The molecule has 68 valence electrons. The van der Waals surface area contributed by atoms with E-state index in [0.717, 1.165) is 0 Å². The molecule has 0 saturated carbocycles. The highest BCUT2D eigenvalue weighted by Crippen LogP contribution is 2.34. The summed E-state index contributed by atoms with van der Waals surface area (Å²) < 4.78 is -2.23. The summed E-state index contributed by atoms with van der Waals surface area (Å²) in [6, 6.07) is 0. The first-order valence-electron chi connectivity index (χ1n) is 2.50. The quantitative estimate of drug-likeness (QED) is 0.559. The number of hydrogen-bond donors (Lipinski definition) is 2. The largest absolute Gasteiger partial charge is 0.478 e. The van der Waals surface area contributed by atoms with Gasteiger partial charge in [-0.05, 0) is 0 Å². The molecule has 0 aliphatic carbocycles. The second-order valence-corrected chi connectivity index (χ2v) is 3.98. The summed E-state index contributed by atoms with van der Waals surface area (Å²) in [6.07, 6.45) is 0.329. The van der Waals surface area contributed by atoms with E-state index in [1.54, 1.807) is 0 Å². The third kappa shape index (κ3) is 3.80. The van der Waals surface area contributed by atoms with E-state index in [-0.39, 0.29) is 0 Å². The maximum atomic E-state index is 10.3. The second-order valence-electron chi connectivity index (χ2n) is 1.70. The van der Waals surface area contributed by atoms with Crippen molar-refractivity contribution in [2.75, 3.05) is 0 Å². The van der Waals surface area contributed by atoms with Gasteiger partial charge in [-0.1, -0.05) is 34.8 Å². The molecule has 0 rings (SSSR count). The van der Waals surface area contributed by atoms with Crippen molar-refractivity contribution in [1.82, 2.24) is 0 Å². The van der Waals surface area contributed by atoms with Gasteiger partial charge in [0.05, 0.1) is 5.57 Å². The van der Waals surface area contributed by atoms with Crippen LogP contribution < -0.4 is 0 Å². The Morgan fingerprint density at radius 1 is 1.17 bits per heavy atom. The van der Waals surface area contributed by atoms with Gasteiger partial charge in [-0.25, -0.2) is 9.59 Å². The van der Waals surface area contributed by atoms with Crippen LogP contribution in [0, 0.1) is 0 Å². The summed E-state index contributed by atoms with van der Waals surface area (Å²) in [4.78, 5) is 20.3. The van der Waals surface area contributed by atoms with Gasteiger partial charge in [0, 0.05) is 6.08 Å². The predicted molar refractivity (Wildman–Crippen MR) is 43.6 cm³/mol. The normalized spacial score (nSPS) is 12.8. The first-order chi connectivity index (χ1) is 5.25. The van der Waals surface area contributed by atoms with E-state index in [2.05, 4.69) is 0 Å². The van der Waals surface area contributed by atoms with Crippen LogP contribution in [-0.4, -0.2) is 25.9 Å². The molecule has 0 bridgehead atoms. The summed E-state index contributed by atoms with van der Waals surface area (Å²) in [6.45, 7) is 0. The molecular weight excluding hydrogens is 230 g/mol. The molecular formula is C5H3Cl3O4. The van der Waals surface area contributed by atoms with Crippen LogP contribution in [-0.2, 0) is 9.59 Å². The van der Waals surface area contributed by atoms with E-state index in [1.807, 2.05) is 0 Å². The number of aliphatic carboxylic acids is 2. The highest BCUT2D eigenvalue weighted by Gasteiger charge is 2.32. The standard InChI is InChI=1S/C5H3Cl3O4/c6-5(7,8)2(4(11)12)1-3(9)10/h1H,(H,9,10)(H,11,12)/b2-1-. The van der Waals surface area contributed by atoms with Crippen LogP contribution in [0.4, 0.5) is 0 Å². The number of carboxylic acids is 2. The fraction of sp³-hybridized carbons (Fsp3) is 0.200. The molecule has 7 heteroatoms. The number of halogens is 3. The highest BCUT2D eigenvalue weighted by atomic mass is 35.6. The van der Waals surface area contributed by atoms with Gasteiger partial charge in [0.1, 0.15) is 0 Å². The maximum absolute atomic E-state index is 10.3. The van der Waals surface area contributed by atoms with E-state index < -0.39 is 21.3 Å². The van der Waals surface area contributed by atoms with Gasteiger partial charge in [0.25, 0.3) is 0 Å². The van der Waals surface area contributed by atoms with Gasteiger partial charge in [0.15, 0.2) is 0 Å². The van der Waals surface area contributed by atoms with E-state index in [4.69, 9.17) is 45.0 Å². The van der Waals surface area contributed by atoms with Crippen molar-refractivity contribution in [1.29, 1.82) is 0 Å². The Balaban J connectivity index is 4.94. The summed E-state index contributed by atoms with van der Waals surface area (Å²) in [5, 5.41) is 16.6. The van der Waals surface area contributed by atoms with E-state index in [1.165, 1.54) is 0 Å². The van der Waals surface area contributed by atoms with Crippen molar-refractivity contribution in [2.45, 2.75) is 3.79 Å². The minimum atomic E-state index is -2.23. The SMILES string of the molecule is O=C(O)/C=C(/C(=O)O)C(Cl)(Cl)Cl. The first-order valence-corrected chi connectivity index (χ1v) is 3.63. The topological polar surface area (TPSA) is 74.6 Å². The van der Waals surface area contributed by atoms with Crippen LogP contribution >= 0.6 is 34.8 Å². The predicted octanol–water partition coefficient (Wildman–Crippen LogP) is 1.45. The summed E-state index contributed by atoms with van der Waals surface area (Å²) in [5.41, 5.74) is -0.806. The van der Waals surface area contributed by atoms with Crippen LogP contribution in [0.25, 0.3) is 0 Å². The zero-order valence-corrected chi connectivity index (χ0v) is 7.69. The van der Waals surface area contributed by atoms with Crippen molar-refractivity contribution in [3.8, 4) is 0 Å². The Morgan fingerprint density at radius 3 is 1.67 bits per heavy atom. The molecule has 0 fully saturated rings. The van der Waals surface area contributed by atoms with Crippen LogP contribution in [0.2, 0.25) is 0 Å². The fourth-order valence-corrected chi connectivity index (χ4v) is 0.794. The lowest BCUT2D eigenvalue weighted by Gasteiger charge is -2.09. The van der Waals surface area contributed by atoms with E-state index in [0.29, 0.717) is 6.08 Å². The van der Waals surface area contributed by atoms with Crippen molar-refractivity contribution < 1.29 is 19.8 Å². The minimum Gasteiger partial charge on any atom is -0.478 e. The van der Waals surface area contributed by atoms with Gasteiger partial charge in [-0.15, -0.1) is 0 Å². The van der Waals surface area contributed by atoms with Gasteiger partial charge >= 0.3 is 11.9 Å². The van der Waals surface area contributed by atoms with Gasteiger partial charge in [-0.2, -0.15) is 0 Å². The smallest absolute Gasteiger partial charge is 0.336 e. The summed E-state index contributed by atoms with van der Waals surface area (Å²) in [7, 11) is 0. The van der Waals surface area contributed by atoms with Crippen molar-refractivity contribution in [3.63, 3.8) is 0 Å². The van der Waals surface area contributed by atoms with Gasteiger partial charge in [0.2, 0.25) is 3.79 Å². The zero-order chi connectivity index (χ0) is 9.94. The van der Waals surface area contributed by atoms with Gasteiger partial charge in [-0.3, -0.25) is 0 Å². The Hall–Kier alpha value is -0.450. The van der Waals surface area contributed by atoms with Gasteiger partial charge < -0.3 is 10.2 Å². The first kappa shape index (κ1) is 11.6. The molecule has 0 amide bonds. The van der Waals surface area contributed by atoms with E-state index >= 15 is 0 Å². The number of hydrogen-bond acceptors (Lipinski definition) is 2. The molecule has 0 spiro atoms. The molecule has 0 aromatic heterocycles. The van der Waals surface area contributed by atoms with Crippen molar-refractivity contribution >= 4 is 46.7 Å². The third-order valence-electron chi connectivity index (χ3n) is 0.804. The Kier molecular flexibility index (Phi) is 3.83. The number of carboxylic acid groups (broad SMARTS) is 2. The third-order valence-corrected chi connectivity index (χ3v) is 1.41. The van der Waals surface area contributed by atoms with Crippen LogP contribution in [0.1, 0.15) is 0 Å². The Morgan fingerprint density at radius 2 is 1.58 bits per heavy atom. The lowest BCUT2D eigenvalue weighted by Crippen LogP contribution is -2.17. The van der Waals surface area contributed by atoms with Crippen molar-refractivity contribution in [2.24, 2.45) is 0 Å². The molecule has 0 heterocycles. The molecule has 0 saturated heterocycles. The molecule has 12 heavy (non-hydrogen) atoms.